The molecule has 0 bridgehead atoms. The van der Waals surface area contributed by atoms with E-state index in [1.807, 2.05) is 0 Å². The topological polar surface area (TPSA) is 26.5 Å². The van der Waals surface area contributed by atoms with E-state index < -0.39 is 11.9 Å². The van der Waals surface area contributed by atoms with E-state index in [9.17, 15) is 13.2 Å². The zero-order valence-electron chi connectivity index (χ0n) is 8.32. The van der Waals surface area contributed by atoms with Crippen LogP contribution < -0.4 is 0 Å². The fourth-order valence-electron chi connectivity index (χ4n) is 0.812. The third-order valence-electron chi connectivity index (χ3n) is 1.69. The van der Waals surface area contributed by atoms with Crippen LogP contribution in [0.3, 0.4) is 0 Å². The van der Waals surface area contributed by atoms with Crippen LogP contribution in [0.15, 0.2) is 17.2 Å². The van der Waals surface area contributed by atoms with Gasteiger partial charge >= 0.3 is 11.9 Å². The van der Waals surface area contributed by atoms with Crippen LogP contribution in [0, 0.1) is 0 Å². The number of rotatable bonds is 1. The largest absolute Gasteiger partial charge is 0.494 e. The summed E-state index contributed by atoms with van der Waals surface area (Å²) in [4.78, 5) is 3.02. The van der Waals surface area contributed by atoms with Crippen molar-refractivity contribution in [3.05, 3.63) is 27.2 Å². The molecule has 2 nitrogen and oxygen atoms in total. The van der Waals surface area contributed by atoms with E-state index >= 15 is 0 Å². The number of alkyl halides is 3. The molecule has 0 amide bonds. The molecule has 0 aliphatic carbocycles. The van der Waals surface area contributed by atoms with Gasteiger partial charge in [-0.15, -0.1) is 0 Å². The van der Waals surface area contributed by atoms with Gasteiger partial charge in [0.1, 0.15) is 5.11 Å². The summed E-state index contributed by atoms with van der Waals surface area (Å²) in [5.41, 5.74) is -1.15. The maximum absolute atomic E-state index is 12.1. The minimum Gasteiger partial charge on any atom is -0.160 e. The number of halogens is 6. The lowest BCUT2D eigenvalue weighted by molar-refractivity contribution is -0.143. The van der Waals surface area contributed by atoms with E-state index in [4.69, 9.17) is 34.8 Å². The summed E-state index contributed by atoms with van der Waals surface area (Å²) < 4.78 is 36.4. The summed E-state index contributed by atoms with van der Waals surface area (Å²) in [6, 6.07) is 2.62. The minimum atomic E-state index is -4.53. The summed E-state index contributed by atoms with van der Waals surface area (Å²) in [6.07, 6.45) is -4.53. The molecule has 0 radical (unpaired) electrons. The Balaban J connectivity index is 3.25. The fraction of sp³-hybridized carbons (Fsp3) is 0.222. The van der Waals surface area contributed by atoms with Gasteiger partial charge in [0, 0.05) is 11.9 Å². The lowest BCUT2D eigenvalue weighted by atomic mass is 10.3. The van der Waals surface area contributed by atoms with Crippen LogP contribution in [0.4, 0.5) is 18.9 Å². The van der Waals surface area contributed by atoms with Crippen LogP contribution in [0.1, 0.15) is 6.92 Å². The molecule has 8 heteroatoms. The monoisotopic (exact) mass is 303 g/mol. The van der Waals surface area contributed by atoms with E-state index in [2.05, 4.69) is 9.90 Å². The van der Waals surface area contributed by atoms with Gasteiger partial charge < -0.3 is 0 Å². The van der Waals surface area contributed by atoms with Crippen molar-refractivity contribution in [2.24, 2.45) is 5.11 Å². The van der Waals surface area contributed by atoms with Gasteiger partial charge in [-0.05, 0) is 12.1 Å². The Morgan fingerprint density at radius 3 is 2.06 bits per heavy atom. The molecule has 0 aliphatic rings. The molecule has 1 aromatic rings. The molecule has 1 aromatic carbocycles. The Bertz CT molecular complexity index is 482. The van der Waals surface area contributed by atoms with Gasteiger partial charge in [0.25, 0.3) is 0 Å². The molecule has 0 aliphatic heterocycles. The van der Waals surface area contributed by atoms with Crippen molar-refractivity contribution in [1.29, 1.82) is 0 Å². The second-order valence-electron chi connectivity index (χ2n) is 3.00. The Labute approximate surface area is 110 Å². The summed E-state index contributed by atoms with van der Waals surface area (Å²) in [5.74, 6) is 0. The summed E-state index contributed by atoms with van der Waals surface area (Å²) in [6.45, 7) is 0.793. The number of benzene rings is 1. The van der Waals surface area contributed by atoms with Crippen LogP contribution in [0.2, 0.25) is 15.1 Å². The van der Waals surface area contributed by atoms with Crippen LogP contribution in [0.25, 0.3) is 0 Å². The first-order valence-corrected chi connectivity index (χ1v) is 5.32. The molecule has 0 spiro atoms. The smallest absolute Gasteiger partial charge is 0.160 e. The van der Waals surface area contributed by atoms with E-state index in [-0.39, 0.29) is 20.8 Å². The Hall–Kier alpha value is -0.740. The van der Waals surface area contributed by atoms with Gasteiger partial charge in [-0.3, -0.25) is 0 Å². The van der Waals surface area contributed by atoms with Crippen molar-refractivity contribution >= 4 is 46.2 Å². The third-order valence-corrected chi connectivity index (χ3v) is 2.49. The summed E-state index contributed by atoms with van der Waals surface area (Å²) in [7, 11) is 0. The number of hydrogen-bond donors (Lipinski definition) is 0. The zero-order valence-corrected chi connectivity index (χ0v) is 10.6. The highest BCUT2D eigenvalue weighted by Gasteiger charge is 2.42. The maximum Gasteiger partial charge on any atom is 0.494 e. The molecular weight excluding hydrogens is 299 g/mol. The molecule has 0 fully saturated rings. The first-order chi connectivity index (χ1) is 7.71. The molecule has 0 unspecified atom stereocenters. The van der Waals surface area contributed by atoms with Crippen molar-refractivity contribution < 1.29 is 18.0 Å². The Morgan fingerprint density at radius 1 is 1.18 bits per heavy atom. The van der Waals surface area contributed by atoms with E-state index in [1.54, 1.807) is 0 Å². The number of nitrogens with zero attached hydrogens (tertiary/aromatic N) is 2. The Morgan fingerprint density at radius 2 is 1.65 bits per heavy atom. The average molecular weight is 305 g/mol. The highest BCUT2D eigenvalue weighted by atomic mass is 35.5. The molecule has 0 aromatic heterocycles. The van der Waals surface area contributed by atoms with Gasteiger partial charge in [0.05, 0.1) is 14.8 Å². The van der Waals surface area contributed by atoms with E-state index in [0.29, 0.717) is 0 Å². The Kier molecular flexibility index (Phi) is 4.44. The first-order valence-electron chi connectivity index (χ1n) is 4.19. The quantitative estimate of drug-likeness (QED) is 0.398. The van der Waals surface area contributed by atoms with Crippen molar-refractivity contribution in [1.82, 2.24) is 0 Å². The van der Waals surface area contributed by atoms with Crippen molar-refractivity contribution in [2.75, 3.05) is 0 Å². The highest BCUT2D eigenvalue weighted by molar-refractivity contribution is 6.41. The van der Waals surface area contributed by atoms with E-state index in [1.165, 1.54) is 12.1 Å². The average Bonchev–Trinajstić information content (AvgIpc) is 2.13. The van der Waals surface area contributed by atoms with Crippen LogP contribution in [-0.2, 0) is 0 Å². The van der Waals surface area contributed by atoms with Crippen molar-refractivity contribution in [3.8, 4) is 0 Å². The molecule has 1 rings (SSSR count). The molecule has 0 saturated heterocycles. The van der Waals surface area contributed by atoms with Gasteiger partial charge in [-0.25, -0.2) is 0 Å². The molecule has 0 heterocycles. The molecule has 0 saturated carbocycles. The van der Waals surface area contributed by atoms with Crippen molar-refractivity contribution in [2.45, 2.75) is 13.1 Å². The van der Waals surface area contributed by atoms with E-state index in [0.717, 1.165) is 6.92 Å². The molecule has 0 atom stereocenters. The predicted molar refractivity (Wildman–Crippen MR) is 60.6 cm³/mol. The molecular formula is C9H5Cl3F3N2+. The van der Waals surface area contributed by atoms with Crippen LogP contribution in [0.5, 0.6) is 0 Å². The van der Waals surface area contributed by atoms with Gasteiger partial charge in [0.2, 0.25) is 0 Å². The lowest BCUT2D eigenvalue weighted by Gasteiger charge is -1.96. The first kappa shape index (κ1) is 14.3. The predicted octanol–water partition coefficient (Wildman–Crippen LogP) is 4.96. The molecule has 17 heavy (non-hydrogen) atoms. The SMILES string of the molecule is CC(=[N+]=Nc1c(Cl)cc(Cl)cc1Cl)C(F)(F)F. The van der Waals surface area contributed by atoms with Crippen LogP contribution >= 0.6 is 34.8 Å². The minimum absolute atomic E-state index is 0.0289. The molecule has 92 valence electrons. The second kappa shape index (κ2) is 5.27. The lowest BCUT2D eigenvalue weighted by Crippen LogP contribution is -2.20. The normalized spacial score (nSPS) is 11.0. The van der Waals surface area contributed by atoms with Gasteiger partial charge in [-0.1, -0.05) is 34.8 Å². The molecule has 0 N–H and O–H groups in total. The maximum atomic E-state index is 12.1. The zero-order chi connectivity index (χ0) is 13.2. The van der Waals surface area contributed by atoms with Crippen molar-refractivity contribution in [3.63, 3.8) is 0 Å². The third kappa shape index (κ3) is 3.89. The van der Waals surface area contributed by atoms with Gasteiger partial charge in [-0.2, -0.15) is 13.2 Å². The summed E-state index contributed by atoms with van der Waals surface area (Å²) in [5, 5.41) is 3.68. The summed E-state index contributed by atoms with van der Waals surface area (Å²) >= 11 is 17.1. The standard InChI is InChI=1S/C9H5Cl3F3N2/c1-4(9(13,14)15)16-17-8-6(11)2-5(10)3-7(8)12/h2-3H,1H3/q+1. The fourth-order valence-corrected chi connectivity index (χ4v) is 1.70. The van der Waals surface area contributed by atoms with Gasteiger partial charge in [0.15, 0.2) is 5.69 Å². The number of hydrogen-bond acceptors (Lipinski definition) is 1. The van der Waals surface area contributed by atoms with Crippen LogP contribution in [-0.4, -0.2) is 16.7 Å². The highest BCUT2D eigenvalue weighted by Crippen LogP contribution is 2.35. The second-order valence-corrected chi connectivity index (χ2v) is 4.25.